The summed E-state index contributed by atoms with van der Waals surface area (Å²) in [7, 11) is -3.43. The second kappa shape index (κ2) is 7.22. The van der Waals surface area contributed by atoms with E-state index in [0.29, 0.717) is 6.42 Å². The Bertz CT molecular complexity index is 335. The van der Waals surface area contributed by atoms with Crippen LogP contribution in [0.25, 0.3) is 0 Å². The third-order valence-corrected chi connectivity index (χ3v) is 3.74. The molecule has 0 aliphatic rings. The van der Waals surface area contributed by atoms with E-state index >= 15 is 0 Å². The maximum atomic E-state index is 11.6. The van der Waals surface area contributed by atoms with Crippen LogP contribution in [0, 0.1) is 22.7 Å². The SMILES string of the molecule is CCCCCS(=O)(=O)N(CC#N)CC#N. The summed E-state index contributed by atoms with van der Waals surface area (Å²) in [5.74, 6) is 0.0181. The van der Waals surface area contributed by atoms with E-state index in [2.05, 4.69) is 0 Å². The molecule has 0 unspecified atom stereocenters. The molecule has 0 bridgehead atoms. The number of nitrogens with zero attached hydrogens (tertiary/aromatic N) is 3. The normalized spacial score (nSPS) is 10.9. The molecule has 0 atom stereocenters. The molecule has 0 rings (SSSR count). The predicted octanol–water partition coefficient (Wildman–Crippen LogP) is 0.856. The quantitative estimate of drug-likeness (QED) is 0.478. The molecule has 0 aromatic rings. The molecule has 6 heteroatoms. The summed E-state index contributed by atoms with van der Waals surface area (Å²) in [4.78, 5) is 0. The number of rotatable bonds is 7. The number of hydrogen-bond acceptors (Lipinski definition) is 4. The van der Waals surface area contributed by atoms with E-state index in [1.807, 2.05) is 6.92 Å². The van der Waals surface area contributed by atoms with Crippen LogP contribution in [0.3, 0.4) is 0 Å². The molecule has 0 N–H and O–H groups in total. The molecular formula is C9H15N3O2S. The lowest BCUT2D eigenvalue weighted by Crippen LogP contribution is -2.33. The smallest absolute Gasteiger partial charge is 0.212 e. The second-order valence-electron chi connectivity index (χ2n) is 3.11. The summed E-state index contributed by atoms with van der Waals surface area (Å²) >= 11 is 0. The van der Waals surface area contributed by atoms with Gasteiger partial charge < -0.3 is 0 Å². The van der Waals surface area contributed by atoms with Gasteiger partial charge in [0.15, 0.2) is 0 Å². The molecule has 0 radical (unpaired) electrons. The van der Waals surface area contributed by atoms with Crippen LogP contribution >= 0.6 is 0 Å². The first-order chi connectivity index (χ1) is 7.08. The summed E-state index contributed by atoms with van der Waals surface area (Å²) in [6, 6.07) is 3.49. The van der Waals surface area contributed by atoms with Crippen molar-refractivity contribution in [1.29, 1.82) is 10.5 Å². The van der Waals surface area contributed by atoms with Gasteiger partial charge in [-0.1, -0.05) is 19.8 Å². The Morgan fingerprint density at radius 3 is 2.07 bits per heavy atom. The largest absolute Gasteiger partial charge is 0.215 e. The highest BCUT2D eigenvalue weighted by Gasteiger charge is 2.20. The van der Waals surface area contributed by atoms with E-state index in [1.54, 1.807) is 12.1 Å². The molecule has 0 aromatic heterocycles. The van der Waals surface area contributed by atoms with Crippen molar-refractivity contribution >= 4 is 10.0 Å². The summed E-state index contributed by atoms with van der Waals surface area (Å²) < 4.78 is 24.1. The number of nitriles is 2. The average Bonchev–Trinajstić information content (AvgIpc) is 2.18. The van der Waals surface area contributed by atoms with Gasteiger partial charge in [0, 0.05) is 0 Å². The van der Waals surface area contributed by atoms with Crippen LogP contribution in [-0.2, 0) is 10.0 Å². The molecule has 0 saturated carbocycles. The van der Waals surface area contributed by atoms with Crippen molar-refractivity contribution in [1.82, 2.24) is 4.31 Å². The maximum Gasteiger partial charge on any atom is 0.215 e. The van der Waals surface area contributed by atoms with Crippen molar-refractivity contribution in [3.8, 4) is 12.1 Å². The molecule has 15 heavy (non-hydrogen) atoms. The first kappa shape index (κ1) is 13.9. The molecule has 0 amide bonds. The fourth-order valence-corrected chi connectivity index (χ4v) is 2.41. The average molecular weight is 229 g/mol. The Kier molecular flexibility index (Phi) is 6.68. The minimum atomic E-state index is -3.43. The molecule has 0 saturated heterocycles. The highest BCUT2D eigenvalue weighted by molar-refractivity contribution is 7.89. The molecule has 0 spiro atoms. The molecule has 0 aliphatic heterocycles. The second-order valence-corrected chi connectivity index (χ2v) is 5.20. The third kappa shape index (κ3) is 5.36. The third-order valence-electron chi connectivity index (χ3n) is 1.89. The van der Waals surface area contributed by atoms with Gasteiger partial charge in [-0.2, -0.15) is 14.8 Å². The zero-order valence-electron chi connectivity index (χ0n) is 8.81. The topological polar surface area (TPSA) is 85.0 Å². The van der Waals surface area contributed by atoms with Gasteiger partial charge in [-0.3, -0.25) is 0 Å². The van der Waals surface area contributed by atoms with Gasteiger partial charge in [-0.05, 0) is 6.42 Å². The minimum Gasteiger partial charge on any atom is -0.212 e. The molecule has 0 aromatic carbocycles. The zero-order valence-corrected chi connectivity index (χ0v) is 9.63. The van der Waals surface area contributed by atoms with Crippen LogP contribution in [0.4, 0.5) is 0 Å². The van der Waals surface area contributed by atoms with E-state index < -0.39 is 10.0 Å². The van der Waals surface area contributed by atoms with E-state index in [4.69, 9.17) is 10.5 Å². The Hall–Kier alpha value is -1.11. The summed E-state index contributed by atoms with van der Waals surface area (Å²) in [6.45, 7) is 1.49. The molecular weight excluding hydrogens is 214 g/mol. The summed E-state index contributed by atoms with van der Waals surface area (Å²) in [6.07, 6.45) is 2.35. The van der Waals surface area contributed by atoms with Crippen LogP contribution < -0.4 is 0 Å². The Labute approximate surface area is 91.0 Å². The van der Waals surface area contributed by atoms with Crippen molar-refractivity contribution in [3.63, 3.8) is 0 Å². The van der Waals surface area contributed by atoms with Gasteiger partial charge in [-0.25, -0.2) is 8.42 Å². The van der Waals surface area contributed by atoms with Gasteiger partial charge >= 0.3 is 0 Å². The van der Waals surface area contributed by atoms with Crippen LogP contribution in [0.2, 0.25) is 0 Å². The van der Waals surface area contributed by atoms with Gasteiger partial charge in [-0.15, -0.1) is 0 Å². The maximum absolute atomic E-state index is 11.6. The van der Waals surface area contributed by atoms with Crippen molar-refractivity contribution < 1.29 is 8.42 Å². The van der Waals surface area contributed by atoms with Gasteiger partial charge in [0.05, 0.1) is 17.9 Å². The number of sulfonamides is 1. The minimum absolute atomic E-state index is 0.0181. The Morgan fingerprint density at radius 1 is 1.13 bits per heavy atom. The standard InChI is InChI=1S/C9H15N3O2S/c1-2-3-4-9-15(13,14)12(7-5-10)8-6-11/h2-4,7-9H2,1H3. The van der Waals surface area contributed by atoms with Crippen molar-refractivity contribution in [2.75, 3.05) is 18.8 Å². The molecule has 84 valence electrons. The summed E-state index contributed by atoms with van der Waals surface area (Å²) in [5.41, 5.74) is 0. The lowest BCUT2D eigenvalue weighted by molar-refractivity contribution is 0.477. The van der Waals surface area contributed by atoms with Crippen molar-refractivity contribution in [2.45, 2.75) is 26.2 Å². The van der Waals surface area contributed by atoms with E-state index in [1.165, 1.54) is 0 Å². The molecule has 0 fully saturated rings. The molecule has 5 nitrogen and oxygen atoms in total. The van der Waals surface area contributed by atoms with Gasteiger partial charge in [0.1, 0.15) is 13.1 Å². The first-order valence-corrected chi connectivity index (χ1v) is 6.41. The predicted molar refractivity (Wildman–Crippen MR) is 56.1 cm³/mol. The fourth-order valence-electron chi connectivity index (χ4n) is 1.07. The highest BCUT2D eigenvalue weighted by atomic mass is 32.2. The molecule has 0 aliphatic carbocycles. The number of hydrogen-bond donors (Lipinski definition) is 0. The van der Waals surface area contributed by atoms with Crippen molar-refractivity contribution in [3.05, 3.63) is 0 Å². The van der Waals surface area contributed by atoms with E-state index in [-0.39, 0.29) is 18.8 Å². The van der Waals surface area contributed by atoms with E-state index in [0.717, 1.165) is 17.1 Å². The first-order valence-electron chi connectivity index (χ1n) is 4.80. The van der Waals surface area contributed by atoms with Gasteiger partial charge in [0.2, 0.25) is 10.0 Å². The fraction of sp³-hybridized carbons (Fsp3) is 0.778. The Morgan fingerprint density at radius 2 is 1.67 bits per heavy atom. The summed E-state index contributed by atoms with van der Waals surface area (Å²) in [5, 5.41) is 16.9. The van der Waals surface area contributed by atoms with E-state index in [9.17, 15) is 8.42 Å². The van der Waals surface area contributed by atoms with Crippen LogP contribution in [-0.4, -0.2) is 31.6 Å². The van der Waals surface area contributed by atoms with Crippen molar-refractivity contribution in [2.24, 2.45) is 0 Å². The van der Waals surface area contributed by atoms with Crippen LogP contribution in [0.5, 0.6) is 0 Å². The van der Waals surface area contributed by atoms with Crippen LogP contribution in [0.15, 0.2) is 0 Å². The molecule has 0 heterocycles. The monoisotopic (exact) mass is 229 g/mol. The lowest BCUT2D eigenvalue weighted by atomic mass is 10.3. The highest BCUT2D eigenvalue weighted by Crippen LogP contribution is 2.05. The van der Waals surface area contributed by atoms with Crippen LogP contribution in [0.1, 0.15) is 26.2 Å². The van der Waals surface area contributed by atoms with Gasteiger partial charge in [0.25, 0.3) is 0 Å². The zero-order chi connectivity index (χ0) is 11.7. The lowest BCUT2D eigenvalue weighted by Gasteiger charge is -2.15. The number of unbranched alkanes of at least 4 members (excludes halogenated alkanes) is 2. The Balaban J connectivity index is 4.39.